The van der Waals surface area contributed by atoms with Gasteiger partial charge in [-0.15, -0.1) is 0 Å². The van der Waals surface area contributed by atoms with Crippen molar-refractivity contribution in [3.8, 4) is 0 Å². The molecule has 0 saturated heterocycles. The summed E-state index contributed by atoms with van der Waals surface area (Å²) in [7, 11) is 1.27. The van der Waals surface area contributed by atoms with Crippen molar-refractivity contribution < 1.29 is 19.4 Å². The van der Waals surface area contributed by atoms with E-state index < -0.39 is 18.0 Å². The molecule has 0 bridgehead atoms. The molecule has 0 saturated carbocycles. The summed E-state index contributed by atoms with van der Waals surface area (Å²) in [5.41, 5.74) is 6.57. The van der Waals surface area contributed by atoms with Crippen molar-refractivity contribution >= 4 is 11.9 Å². The molecule has 1 atom stereocenters. The van der Waals surface area contributed by atoms with Crippen LogP contribution in [0, 0.1) is 0 Å². The molecule has 5 nitrogen and oxygen atoms in total. The van der Waals surface area contributed by atoms with E-state index in [1.165, 1.54) is 19.2 Å². The number of esters is 1. The van der Waals surface area contributed by atoms with Crippen molar-refractivity contribution in [2.75, 3.05) is 7.11 Å². The second-order valence-electron chi connectivity index (χ2n) is 3.34. The number of hydrogen-bond acceptors (Lipinski definition) is 4. The first-order chi connectivity index (χ1) is 7.54. The van der Waals surface area contributed by atoms with Crippen LogP contribution in [0.5, 0.6) is 0 Å². The normalized spacial score (nSPS) is 11.9. The Hall–Kier alpha value is -1.88. The Kier molecular flexibility index (Phi) is 4.02. The van der Waals surface area contributed by atoms with Crippen LogP contribution in [0.1, 0.15) is 15.9 Å². The maximum atomic E-state index is 11.0. The molecule has 0 amide bonds. The van der Waals surface area contributed by atoms with E-state index >= 15 is 0 Å². The molecule has 86 valence electrons. The van der Waals surface area contributed by atoms with E-state index in [9.17, 15) is 9.59 Å². The van der Waals surface area contributed by atoms with Gasteiger partial charge in [0.25, 0.3) is 0 Å². The number of ether oxygens (including phenoxy) is 1. The van der Waals surface area contributed by atoms with E-state index in [4.69, 9.17) is 10.8 Å². The fourth-order valence-electron chi connectivity index (χ4n) is 1.27. The molecule has 16 heavy (non-hydrogen) atoms. The third-order valence-corrected chi connectivity index (χ3v) is 2.16. The van der Waals surface area contributed by atoms with Gasteiger partial charge in [0.05, 0.1) is 12.7 Å². The summed E-state index contributed by atoms with van der Waals surface area (Å²) < 4.78 is 4.49. The van der Waals surface area contributed by atoms with Crippen molar-refractivity contribution in [3.05, 3.63) is 35.4 Å². The predicted octanol–water partition coefficient (Wildman–Crippen LogP) is 0.428. The lowest BCUT2D eigenvalue weighted by Gasteiger charge is -2.08. The molecule has 1 rings (SSSR count). The maximum Gasteiger partial charge on any atom is 0.335 e. The average Bonchev–Trinajstić information content (AvgIpc) is 2.28. The average molecular weight is 223 g/mol. The molecule has 0 radical (unpaired) electrons. The van der Waals surface area contributed by atoms with Crippen molar-refractivity contribution in [3.63, 3.8) is 0 Å². The van der Waals surface area contributed by atoms with Crippen LogP contribution >= 0.6 is 0 Å². The monoisotopic (exact) mass is 223 g/mol. The molecule has 0 spiro atoms. The third-order valence-electron chi connectivity index (χ3n) is 2.16. The number of carboxylic acid groups (broad SMARTS) is 1. The molecule has 1 unspecified atom stereocenters. The van der Waals surface area contributed by atoms with Gasteiger partial charge in [-0.2, -0.15) is 0 Å². The number of rotatable bonds is 4. The number of carbonyl (C=O) groups is 2. The van der Waals surface area contributed by atoms with Crippen molar-refractivity contribution in [2.45, 2.75) is 12.5 Å². The largest absolute Gasteiger partial charge is 0.478 e. The van der Waals surface area contributed by atoms with Crippen LogP contribution in [0.2, 0.25) is 0 Å². The number of carbonyl (C=O) groups excluding carboxylic acids is 1. The SMILES string of the molecule is COC(=O)C(N)Cc1ccc(C(=O)O)cc1. The lowest BCUT2D eigenvalue weighted by molar-refractivity contribution is -0.142. The standard InChI is InChI=1S/C11H13NO4/c1-16-11(15)9(12)6-7-2-4-8(5-3-7)10(13)14/h2-5,9H,6,12H2,1H3,(H,13,14). The highest BCUT2D eigenvalue weighted by molar-refractivity contribution is 5.87. The van der Waals surface area contributed by atoms with Gasteiger partial charge in [0.1, 0.15) is 6.04 Å². The summed E-state index contributed by atoms with van der Waals surface area (Å²) in [6, 6.07) is 5.49. The molecule has 5 heteroatoms. The first kappa shape index (κ1) is 12.2. The summed E-state index contributed by atoms with van der Waals surface area (Å²) in [5, 5.41) is 8.69. The van der Waals surface area contributed by atoms with Crippen molar-refractivity contribution in [2.24, 2.45) is 5.73 Å². The van der Waals surface area contributed by atoms with Crippen LogP contribution in [0.25, 0.3) is 0 Å². The Labute approximate surface area is 92.8 Å². The topological polar surface area (TPSA) is 89.6 Å². The molecule has 3 N–H and O–H groups in total. The summed E-state index contributed by atoms with van der Waals surface area (Å²) in [5.74, 6) is -1.47. The van der Waals surface area contributed by atoms with Crippen LogP contribution in [0.4, 0.5) is 0 Å². The zero-order chi connectivity index (χ0) is 12.1. The van der Waals surface area contributed by atoms with Gasteiger partial charge in [-0.3, -0.25) is 4.79 Å². The van der Waals surface area contributed by atoms with Gasteiger partial charge in [-0.25, -0.2) is 4.79 Å². The fraction of sp³-hybridized carbons (Fsp3) is 0.273. The smallest absolute Gasteiger partial charge is 0.335 e. The summed E-state index contributed by atoms with van der Waals surface area (Å²) in [6.07, 6.45) is 0.326. The number of carboxylic acids is 1. The van der Waals surface area contributed by atoms with Gasteiger partial charge in [0.15, 0.2) is 0 Å². The minimum Gasteiger partial charge on any atom is -0.478 e. The highest BCUT2D eigenvalue weighted by atomic mass is 16.5. The first-order valence-corrected chi connectivity index (χ1v) is 4.70. The van der Waals surface area contributed by atoms with Gasteiger partial charge in [-0.1, -0.05) is 12.1 Å². The molecule has 0 aliphatic rings. The second-order valence-corrected chi connectivity index (χ2v) is 3.34. The molecule has 1 aromatic rings. The van der Waals surface area contributed by atoms with Gasteiger partial charge >= 0.3 is 11.9 Å². The number of benzene rings is 1. The highest BCUT2D eigenvalue weighted by Gasteiger charge is 2.14. The van der Waals surface area contributed by atoms with Gasteiger partial charge in [0, 0.05) is 0 Å². The van der Waals surface area contributed by atoms with E-state index in [-0.39, 0.29) is 5.56 Å². The molecular weight excluding hydrogens is 210 g/mol. The Morgan fingerprint density at radius 1 is 1.38 bits per heavy atom. The molecule has 0 fully saturated rings. The second kappa shape index (κ2) is 5.27. The first-order valence-electron chi connectivity index (χ1n) is 4.70. The van der Waals surface area contributed by atoms with Crippen LogP contribution in [-0.4, -0.2) is 30.2 Å². The zero-order valence-electron chi connectivity index (χ0n) is 8.84. The number of hydrogen-bond donors (Lipinski definition) is 2. The predicted molar refractivity (Wildman–Crippen MR) is 57.1 cm³/mol. The Morgan fingerprint density at radius 2 is 1.94 bits per heavy atom. The van der Waals surface area contributed by atoms with Gasteiger partial charge < -0.3 is 15.6 Å². The lowest BCUT2D eigenvalue weighted by atomic mass is 10.0. The molecule has 0 aromatic heterocycles. The van der Waals surface area contributed by atoms with E-state index in [0.717, 1.165) is 5.56 Å². The van der Waals surface area contributed by atoms with E-state index in [1.807, 2.05) is 0 Å². The Bertz CT molecular complexity index is 385. The van der Waals surface area contributed by atoms with Crippen LogP contribution in [-0.2, 0) is 16.0 Å². The molecule has 0 aliphatic carbocycles. The number of aromatic carboxylic acids is 1. The van der Waals surface area contributed by atoms with Gasteiger partial charge in [0.2, 0.25) is 0 Å². The summed E-state index contributed by atoms with van der Waals surface area (Å²) >= 11 is 0. The van der Waals surface area contributed by atoms with E-state index in [0.29, 0.717) is 6.42 Å². The quantitative estimate of drug-likeness (QED) is 0.722. The highest BCUT2D eigenvalue weighted by Crippen LogP contribution is 2.07. The Morgan fingerprint density at radius 3 is 2.38 bits per heavy atom. The molecule has 0 aliphatic heterocycles. The minimum absolute atomic E-state index is 0.204. The molecule has 0 heterocycles. The maximum absolute atomic E-state index is 11.0. The Balaban J connectivity index is 2.68. The summed E-state index contributed by atoms with van der Waals surface area (Å²) in [6.45, 7) is 0. The van der Waals surface area contributed by atoms with Crippen LogP contribution in [0.15, 0.2) is 24.3 Å². The third kappa shape index (κ3) is 3.06. The number of methoxy groups -OCH3 is 1. The van der Waals surface area contributed by atoms with Crippen molar-refractivity contribution in [1.82, 2.24) is 0 Å². The summed E-state index contributed by atoms with van der Waals surface area (Å²) in [4.78, 5) is 21.6. The van der Waals surface area contributed by atoms with Crippen molar-refractivity contribution in [1.29, 1.82) is 0 Å². The van der Waals surface area contributed by atoms with Crippen LogP contribution in [0.3, 0.4) is 0 Å². The minimum atomic E-state index is -0.983. The fourth-order valence-corrected chi connectivity index (χ4v) is 1.27. The van der Waals surface area contributed by atoms with E-state index in [2.05, 4.69) is 4.74 Å². The van der Waals surface area contributed by atoms with Gasteiger partial charge in [-0.05, 0) is 24.1 Å². The molecule has 1 aromatic carbocycles. The lowest BCUT2D eigenvalue weighted by Crippen LogP contribution is -2.33. The van der Waals surface area contributed by atoms with E-state index in [1.54, 1.807) is 12.1 Å². The number of nitrogens with two attached hydrogens (primary N) is 1. The zero-order valence-corrected chi connectivity index (χ0v) is 8.84. The molecular formula is C11H13NO4. The van der Waals surface area contributed by atoms with Crippen LogP contribution < -0.4 is 5.73 Å².